The zero-order valence-electron chi connectivity index (χ0n) is 24.6. The number of piperidine rings is 1. The summed E-state index contributed by atoms with van der Waals surface area (Å²) in [6, 6.07) is 5.78. The molecule has 1 aliphatic heterocycles. The van der Waals surface area contributed by atoms with Gasteiger partial charge in [-0.1, -0.05) is 0 Å². The van der Waals surface area contributed by atoms with Gasteiger partial charge in [-0.15, -0.1) is 11.3 Å². The summed E-state index contributed by atoms with van der Waals surface area (Å²) in [5.41, 5.74) is 3.85. The first kappa shape index (κ1) is 27.8. The Balaban J connectivity index is 1.22. The van der Waals surface area contributed by atoms with E-state index in [-0.39, 0.29) is 23.9 Å². The number of hydrogen-bond acceptors (Lipinski definition) is 6. The van der Waals surface area contributed by atoms with Crippen molar-refractivity contribution >= 4 is 60.5 Å². The van der Waals surface area contributed by atoms with Crippen LogP contribution in [0.4, 0.5) is 4.79 Å². The summed E-state index contributed by atoms with van der Waals surface area (Å²) in [7, 11) is 3.65. The van der Waals surface area contributed by atoms with Crippen molar-refractivity contribution in [3.05, 3.63) is 33.6 Å². The minimum absolute atomic E-state index is 0.0620. The van der Waals surface area contributed by atoms with E-state index in [0.29, 0.717) is 23.8 Å². The van der Waals surface area contributed by atoms with Gasteiger partial charge in [0.15, 0.2) is 5.82 Å². The lowest BCUT2D eigenvalue weighted by Crippen LogP contribution is -2.46. The Morgan fingerprint density at radius 2 is 1.93 bits per heavy atom. The van der Waals surface area contributed by atoms with Crippen LogP contribution in [0.1, 0.15) is 56.8 Å². The molecule has 222 valence electrons. The highest BCUT2D eigenvalue weighted by molar-refractivity contribution is 9.10. The molecule has 3 aromatic heterocycles. The number of amides is 2. The van der Waals surface area contributed by atoms with Gasteiger partial charge in [-0.05, 0) is 92.4 Å². The van der Waals surface area contributed by atoms with E-state index in [1.165, 1.54) is 23.1 Å². The summed E-state index contributed by atoms with van der Waals surface area (Å²) in [4.78, 5) is 33.5. The molecule has 0 radical (unpaired) electrons. The highest BCUT2D eigenvalue weighted by atomic mass is 79.9. The van der Waals surface area contributed by atoms with Gasteiger partial charge in [-0.25, -0.2) is 9.78 Å². The number of fused-ring (bicyclic) bond motifs is 4. The number of methoxy groups -OCH3 is 1. The number of carbonyl (C=O) groups excluding carboxylic acids is 2. The molecule has 4 heterocycles. The van der Waals surface area contributed by atoms with Gasteiger partial charge in [0.05, 0.1) is 45.1 Å². The third-order valence-electron chi connectivity index (χ3n) is 8.88. The van der Waals surface area contributed by atoms with Crippen molar-refractivity contribution in [3.63, 3.8) is 0 Å². The molecule has 0 spiro atoms. The number of hydrogen-bond donors (Lipinski definition) is 1. The maximum atomic E-state index is 14.0. The smallest absolute Gasteiger partial charge is 0.407 e. The topological polar surface area (TPSA) is 90.6 Å². The van der Waals surface area contributed by atoms with Crippen molar-refractivity contribution in [2.45, 2.75) is 70.7 Å². The minimum atomic E-state index is -0.573. The molecule has 42 heavy (non-hydrogen) atoms. The standard InChI is InChI=1S/C31H36BrN5O4S/c1-31(2,3)41-30(39)34-25-17-8-9-21(25)37(14-17)29(38)18-10-20-27(23(11-18)40-5)35(4)28(33-20)22-12-24-26(19(32)15-42-24)36(22)13-16-6-7-16/h10-12,15-17,21,25H,6-9,13-14H2,1-5H3,(H,34,39)/t17-,21-,25-/m1/s1. The second-order valence-electron chi connectivity index (χ2n) is 13.0. The van der Waals surface area contributed by atoms with Gasteiger partial charge in [0.2, 0.25) is 0 Å². The number of aryl methyl sites for hydroxylation is 1. The predicted octanol–water partition coefficient (Wildman–Crippen LogP) is 6.57. The number of nitrogens with zero attached hydrogens (tertiary/aromatic N) is 4. The van der Waals surface area contributed by atoms with Crippen LogP contribution in [0.2, 0.25) is 0 Å². The van der Waals surface area contributed by atoms with Crippen LogP contribution in [-0.2, 0) is 18.3 Å². The number of ether oxygens (including phenoxy) is 2. The highest BCUT2D eigenvalue weighted by Crippen LogP contribution is 2.43. The molecule has 3 aliphatic rings. The van der Waals surface area contributed by atoms with Crippen LogP contribution in [0.25, 0.3) is 32.8 Å². The molecular weight excluding hydrogens is 618 g/mol. The third-order valence-corrected chi connectivity index (χ3v) is 10.7. The molecule has 1 aromatic carbocycles. The summed E-state index contributed by atoms with van der Waals surface area (Å²) in [6.07, 6.45) is 3.93. The number of halogens is 1. The van der Waals surface area contributed by atoms with Crippen LogP contribution in [-0.4, -0.2) is 62.4 Å². The first-order valence-corrected chi connectivity index (χ1v) is 16.3. The average Bonchev–Trinajstić information content (AvgIpc) is 3.18. The Morgan fingerprint density at radius 3 is 2.64 bits per heavy atom. The van der Waals surface area contributed by atoms with Crippen LogP contribution in [0.15, 0.2) is 28.1 Å². The summed E-state index contributed by atoms with van der Waals surface area (Å²) in [5.74, 6) is 2.32. The molecule has 7 rings (SSSR count). The molecule has 0 unspecified atom stereocenters. The monoisotopic (exact) mass is 653 g/mol. The number of thiophene rings is 1. The lowest BCUT2D eigenvalue weighted by atomic mass is 10.1. The number of rotatable bonds is 6. The van der Waals surface area contributed by atoms with Crippen LogP contribution < -0.4 is 10.1 Å². The largest absolute Gasteiger partial charge is 0.494 e. The second-order valence-corrected chi connectivity index (χ2v) is 14.7. The van der Waals surface area contributed by atoms with E-state index in [9.17, 15) is 9.59 Å². The highest BCUT2D eigenvalue weighted by Gasteiger charge is 2.50. The Bertz CT molecular complexity index is 1730. The van der Waals surface area contributed by atoms with Crippen LogP contribution in [0, 0.1) is 11.8 Å². The van der Waals surface area contributed by atoms with E-state index < -0.39 is 11.7 Å². The lowest BCUT2D eigenvalue weighted by molar-refractivity contribution is 0.0485. The number of likely N-dealkylation sites (tertiary alicyclic amines) is 1. The van der Waals surface area contributed by atoms with Gasteiger partial charge >= 0.3 is 6.09 Å². The molecule has 3 atom stereocenters. The molecule has 9 nitrogen and oxygen atoms in total. The summed E-state index contributed by atoms with van der Waals surface area (Å²) < 4.78 is 18.2. The molecule has 2 saturated carbocycles. The van der Waals surface area contributed by atoms with E-state index in [0.717, 1.165) is 46.4 Å². The van der Waals surface area contributed by atoms with E-state index >= 15 is 0 Å². The van der Waals surface area contributed by atoms with Gasteiger partial charge in [0.25, 0.3) is 5.91 Å². The Labute approximate surface area is 257 Å². The zero-order chi connectivity index (χ0) is 29.5. The van der Waals surface area contributed by atoms with Gasteiger partial charge in [-0.3, -0.25) is 4.79 Å². The van der Waals surface area contributed by atoms with Crippen molar-refractivity contribution in [1.29, 1.82) is 0 Å². The van der Waals surface area contributed by atoms with Crippen molar-refractivity contribution < 1.29 is 19.1 Å². The van der Waals surface area contributed by atoms with Crippen molar-refractivity contribution in [2.75, 3.05) is 13.7 Å². The fourth-order valence-electron chi connectivity index (χ4n) is 6.84. The number of carbonyl (C=O) groups is 2. The van der Waals surface area contributed by atoms with Gasteiger partial charge in [0.1, 0.15) is 16.9 Å². The van der Waals surface area contributed by atoms with Crippen LogP contribution >= 0.6 is 27.3 Å². The average molecular weight is 655 g/mol. The molecule has 4 aromatic rings. The van der Waals surface area contributed by atoms with E-state index in [1.807, 2.05) is 44.9 Å². The Hall–Kier alpha value is -3.05. The fourth-order valence-corrected chi connectivity index (χ4v) is 8.53. The van der Waals surface area contributed by atoms with Gasteiger partial charge < -0.3 is 28.8 Å². The molecule has 2 amide bonds. The maximum absolute atomic E-state index is 14.0. The molecule has 3 fully saturated rings. The quantitative estimate of drug-likeness (QED) is 0.254. The first-order chi connectivity index (χ1) is 20.0. The number of imidazole rings is 1. The zero-order valence-corrected chi connectivity index (χ0v) is 27.0. The number of nitrogens with one attached hydrogen (secondary N) is 1. The van der Waals surface area contributed by atoms with Crippen LogP contribution in [0.5, 0.6) is 5.75 Å². The SMILES string of the molecule is COc1cc(C(=O)N2C[C@H]3CC[C@@H]2[C@@H]3NC(=O)OC(C)(C)C)cc2nc(-c3cc4scc(Br)c4n3CC3CC3)n(C)c12. The first-order valence-electron chi connectivity index (χ1n) is 14.6. The number of benzene rings is 1. The predicted molar refractivity (Wildman–Crippen MR) is 167 cm³/mol. The van der Waals surface area contributed by atoms with Crippen molar-refractivity contribution in [1.82, 2.24) is 24.3 Å². The molecule has 2 bridgehead atoms. The maximum Gasteiger partial charge on any atom is 0.407 e. The van der Waals surface area contributed by atoms with E-state index in [4.69, 9.17) is 14.5 Å². The lowest BCUT2D eigenvalue weighted by Gasteiger charge is -2.28. The molecule has 1 N–H and O–H groups in total. The van der Waals surface area contributed by atoms with Crippen molar-refractivity contribution in [2.24, 2.45) is 18.9 Å². The molecule has 11 heteroatoms. The minimum Gasteiger partial charge on any atom is -0.494 e. The fraction of sp³-hybridized carbons (Fsp3) is 0.516. The number of alkyl carbamates (subject to hydrolysis) is 1. The summed E-state index contributed by atoms with van der Waals surface area (Å²) >= 11 is 5.49. The number of aromatic nitrogens is 3. The van der Waals surface area contributed by atoms with Gasteiger partial charge in [0, 0.05) is 31.1 Å². The second kappa shape index (κ2) is 10.0. The van der Waals surface area contributed by atoms with E-state index in [1.54, 1.807) is 18.4 Å². The molecule has 1 saturated heterocycles. The normalized spacial score (nSPS) is 22.0. The van der Waals surface area contributed by atoms with E-state index in [2.05, 4.69) is 41.8 Å². The Morgan fingerprint density at radius 1 is 1.14 bits per heavy atom. The summed E-state index contributed by atoms with van der Waals surface area (Å²) in [5, 5.41) is 5.20. The van der Waals surface area contributed by atoms with Crippen LogP contribution in [0.3, 0.4) is 0 Å². The van der Waals surface area contributed by atoms with Gasteiger partial charge in [-0.2, -0.15) is 0 Å². The Kier molecular flexibility index (Phi) is 6.62. The molecular formula is C31H36BrN5O4S. The van der Waals surface area contributed by atoms with Crippen molar-refractivity contribution in [3.8, 4) is 17.3 Å². The molecule has 2 aliphatic carbocycles. The third kappa shape index (κ3) is 4.69. The summed E-state index contributed by atoms with van der Waals surface area (Å²) in [6.45, 7) is 7.13.